The zero-order valence-corrected chi connectivity index (χ0v) is 9.18. The van der Waals surface area contributed by atoms with Gasteiger partial charge in [-0.3, -0.25) is 4.79 Å². The Morgan fingerprint density at radius 1 is 1.26 bits per heavy atom. The zero-order valence-electron chi connectivity index (χ0n) is 9.18. The third kappa shape index (κ3) is 4.66. The van der Waals surface area contributed by atoms with E-state index < -0.39 is 12.1 Å². The summed E-state index contributed by atoms with van der Waals surface area (Å²) in [7, 11) is 0. The number of rotatable bonds is 1. The van der Waals surface area contributed by atoms with Crippen molar-refractivity contribution in [1.29, 1.82) is 0 Å². The minimum absolute atomic E-state index is 0.235. The van der Waals surface area contributed by atoms with E-state index >= 15 is 0 Å². The molecule has 0 bridgehead atoms. The molecule has 2 aromatic rings. The molecule has 0 saturated heterocycles. The van der Waals surface area contributed by atoms with Crippen LogP contribution in [0.1, 0.15) is 0 Å². The summed E-state index contributed by atoms with van der Waals surface area (Å²) in [5, 5.41) is 11.0. The number of halogens is 3. The van der Waals surface area contributed by atoms with Crippen molar-refractivity contribution in [1.82, 2.24) is 5.16 Å². The van der Waals surface area contributed by atoms with Crippen LogP contribution >= 0.6 is 0 Å². The fraction of sp³-hybridized carbons (Fsp3) is 0.100. The van der Waals surface area contributed by atoms with E-state index in [1.54, 1.807) is 17.0 Å². The molecule has 19 heavy (non-hydrogen) atoms. The Balaban J connectivity index is 0.000000224. The average molecular weight is 276 g/mol. The van der Waals surface area contributed by atoms with Crippen molar-refractivity contribution in [2.75, 3.05) is 0 Å². The summed E-state index contributed by atoms with van der Waals surface area (Å²) in [6.45, 7) is 0. The Labute approximate surface area is 103 Å². The average Bonchev–Trinajstić information content (AvgIpc) is 2.77. The van der Waals surface area contributed by atoms with Gasteiger partial charge in [-0.2, -0.15) is 18.3 Å². The SMILES string of the molecule is O=C([O-])C(F)(F)F.O=c1cc(-[n+]2ccccc2)o[nH]1. The Morgan fingerprint density at radius 3 is 2.16 bits per heavy atom. The fourth-order valence-corrected chi connectivity index (χ4v) is 0.946. The first-order valence-electron chi connectivity index (χ1n) is 4.74. The normalized spacial score (nSPS) is 10.5. The fourth-order valence-electron chi connectivity index (χ4n) is 0.946. The van der Waals surface area contributed by atoms with Gasteiger partial charge in [0.1, 0.15) is 12.0 Å². The molecular weight excluding hydrogens is 269 g/mol. The third-order valence-corrected chi connectivity index (χ3v) is 1.71. The van der Waals surface area contributed by atoms with Crippen LogP contribution in [0.4, 0.5) is 13.2 Å². The van der Waals surface area contributed by atoms with Crippen molar-refractivity contribution in [3.8, 4) is 5.88 Å². The van der Waals surface area contributed by atoms with Crippen LogP contribution in [0.3, 0.4) is 0 Å². The molecular formula is C10H7F3N2O4. The molecule has 6 nitrogen and oxygen atoms in total. The number of carboxylic acid groups (broad SMARTS) is 1. The van der Waals surface area contributed by atoms with Crippen molar-refractivity contribution < 1.29 is 32.2 Å². The van der Waals surface area contributed by atoms with Crippen LogP contribution in [0.25, 0.3) is 5.88 Å². The first-order valence-corrected chi connectivity index (χ1v) is 4.74. The van der Waals surface area contributed by atoms with Crippen LogP contribution in [0, 0.1) is 0 Å². The number of nitrogens with one attached hydrogen (secondary N) is 1. The maximum atomic E-state index is 10.7. The molecule has 0 radical (unpaired) electrons. The van der Waals surface area contributed by atoms with E-state index in [1.165, 1.54) is 6.07 Å². The second-order valence-electron chi connectivity index (χ2n) is 3.12. The van der Waals surface area contributed by atoms with Gasteiger partial charge in [-0.1, -0.05) is 6.07 Å². The molecule has 0 saturated carbocycles. The van der Waals surface area contributed by atoms with Gasteiger partial charge in [-0.05, 0) is 0 Å². The minimum Gasteiger partial charge on any atom is -0.542 e. The minimum atomic E-state index is -5.19. The van der Waals surface area contributed by atoms with E-state index in [4.69, 9.17) is 14.4 Å². The van der Waals surface area contributed by atoms with E-state index in [-0.39, 0.29) is 5.56 Å². The summed E-state index contributed by atoms with van der Waals surface area (Å²) in [5.41, 5.74) is -0.235. The lowest BCUT2D eigenvalue weighted by Gasteiger charge is -2.03. The zero-order chi connectivity index (χ0) is 14.5. The van der Waals surface area contributed by atoms with Gasteiger partial charge >= 0.3 is 12.1 Å². The molecule has 0 spiro atoms. The molecule has 1 N–H and O–H groups in total. The predicted molar refractivity (Wildman–Crippen MR) is 51.9 cm³/mol. The number of alkyl halides is 3. The number of carbonyl (C=O) groups excluding carboxylic acids is 1. The molecule has 9 heteroatoms. The largest absolute Gasteiger partial charge is 0.542 e. The molecule has 0 aliphatic rings. The summed E-state index contributed by atoms with van der Waals surface area (Å²) in [4.78, 5) is 19.5. The van der Waals surface area contributed by atoms with Crippen molar-refractivity contribution in [2.24, 2.45) is 0 Å². The van der Waals surface area contributed by atoms with Gasteiger partial charge in [0, 0.05) is 12.1 Å². The molecule has 0 unspecified atom stereocenters. The topological polar surface area (TPSA) is 90.0 Å². The standard InChI is InChI=1S/C8H6N2O2.C2HF3O2/c11-7-6-8(12-9-7)10-4-2-1-3-5-10;3-2(4,5)1(6)7/h1-6H;(H,6,7). The Bertz CT molecular complexity index is 589. The number of aliphatic carboxylic acids is 1. The van der Waals surface area contributed by atoms with Crippen LogP contribution in [0.15, 0.2) is 46.0 Å². The number of hydrogen-bond acceptors (Lipinski definition) is 4. The van der Waals surface area contributed by atoms with E-state index in [0.29, 0.717) is 5.88 Å². The lowest BCUT2D eigenvalue weighted by Crippen LogP contribution is -2.37. The molecule has 0 amide bonds. The highest BCUT2D eigenvalue weighted by molar-refractivity contribution is 5.70. The number of H-pyrrole nitrogens is 1. The van der Waals surface area contributed by atoms with Crippen molar-refractivity contribution in [3.05, 3.63) is 47.0 Å². The van der Waals surface area contributed by atoms with Gasteiger partial charge in [0.15, 0.2) is 12.4 Å². The molecule has 2 aromatic heterocycles. The second-order valence-corrected chi connectivity index (χ2v) is 3.12. The maximum absolute atomic E-state index is 10.7. The van der Waals surface area contributed by atoms with Gasteiger partial charge in [-0.25, -0.2) is 0 Å². The second kappa shape index (κ2) is 5.85. The smallest absolute Gasteiger partial charge is 0.430 e. The molecule has 0 fully saturated rings. The Morgan fingerprint density at radius 2 is 1.79 bits per heavy atom. The van der Waals surface area contributed by atoms with Crippen LogP contribution < -0.4 is 15.2 Å². The van der Waals surface area contributed by atoms with Crippen LogP contribution in [0.2, 0.25) is 0 Å². The lowest BCUT2D eigenvalue weighted by atomic mass is 10.5. The number of carboxylic acids is 1. The summed E-state index contributed by atoms with van der Waals surface area (Å²) < 4.78 is 38.1. The van der Waals surface area contributed by atoms with Crippen LogP contribution in [-0.4, -0.2) is 17.3 Å². The van der Waals surface area contributed by atoms with Gasteiger partial charge in [0.2, 0.25) is 0 Å². The van der Waals surface area contributed by atoms with Crippen molar-refractivity contribution in [3.63, 3.8) is 0 Å². The molecule has 0 atom stereocenters. The number of aromatic amines is 1. The number of nitrogens with zero attached hydrogens (tertiary/aromatic N) is 1. The van der Waals surface area contributed by atoms with E-state index in [1.807, 2.05) is 18.2 Å². The van der Waals surface area contributed by atoms with Gasteiger partial charge in [0.25, 0.3) is 5.56 Å². The highest BCUT2D eigenvalue weighted by Crippen LogP contribution is 2.11. The Hall–Kier alpha value is -2.58. The number of aromatic nitrogens is 2. The first-order chi connectivity index (χ1) is 8.80. The highest BCUT2D eigenvalue weighted by Gasteiger charge is 2.28. The van der Waals surface area contributed by atoms with Gasteiger partial charge in [0.05, 0.1) is 0 Å². The van der Waals surface area contributed by atoms with Crippen molar-refractivity contribution in [2.45, 2.75) is 6.18 Å². The molecule has 2 heterocycles. The first kappa shape index (κ1) is 14.5. The summed E-state index contributed by atoms with van der Waals surface area (Å²) in [6, 6.07) is 6.99. The molecule has 0 aromatic carbocycles. The summed E-state index contributed by atoms with van der Waals surface area (Å²) >= 11 is 0. The van der Waals surface area contributed by atoms with Gasteiger partial charge < -0.3 is 14.4 Å². The molecule has 0 aliphatic heterocycles. The van der Waals surface area contributed by atoms with E-state index in [0.717, 1.165) is 0 Å². The van der Waals surface area contributed by atoms with E-state index in [2.05, 4.69) is 5.16 Å². The molecule has 102 valence electrons. The maximum Gasteiger partial charge on any atom is 0.430 e. The third-order valence-electron chi connectivity index (χ3n) is 1.71. The quantitative estimate of drug-likeness (QED) is 0.714. The lowest BCUT2D eigenvalue weighted by molar-refractivity contribution is -0.610. The van der Waals surface area contributed by atoms with Crippen molar-refractivity contribution >= 4 is 5.97 Å². The van der Waals surface area contributed by atoms with Gasteiger partial charge in [-0.15, -0.1) is 4.57 Å². The summed E-state index contributed by atoms with van der Waals surface area (Å²) in [6.07, 6.45) is -1.60. The number of pyridine rings is 1. The predicted octanol–water partition coefficient (Wildman–Crippen LogP) is -0.457. The van der Waals surface area contributed by atoms with E-state index in [9.17, 15) is 18.0 Å². The number of carbonyl (C=O) groups is 1. The highest BCUT2D eigenvalue weighted by atomic mass is 19.4. The van der Waals surface area contributed by atoms with Crippen LogP contribution in [-0.2, 0) is 4.79 Å². The molecule has 2 rings (SSSR count). The monoisotopic (exact) mass is 276 g/mol. The molecule has 0 aliphatic carbocycles. The summed E-state index contributed by atoms with van der Waals surface area (Å²) in [5.74, 6) is -2.52. The Kier molecular flexibility index (Phi) is 4.46. The number of hydrogen-bond donors (Lipinski definition) is 1. The van der Waals surface area contributed by atoms with Crippen LogP contribution in [0.5, 0.6) is 0 Å².